The fourth-order valence-corrected chi connectivity index (χ4v) is 6.42. The van der Waals surface area contributed by atoms with E-state index in [0.29, 0.717) is 32.5 Å². The third-order valence-electron chi connectivity index (χ3n) is 10.2. The van der Waals surface area contributed by atoms with Gasteiger partial charge >= 0.3 is 11.9 Å². The minimum Gasteiger partial charge on any atom is -0.465 e. The number of carbonyl (C=O) groups excluding carboxylic acids is 2. The first-order chi connectivity index (χ1) is 24.0. The molecular formula is C42H82O7. The quantitative estimate of drug-likeness (QED) is 0.0431. The molecule has 0 aromatic heterocycles. The first-order valence-corrected chi connectivity index (χ1v) is 21.2. The highest BCUT2D eigenvalue weighted by molar-refractivity contribution is 5.69. The highest BCUT2D eigenvalue weighted by atomic mass is 16.5. The van der Waals surface area contributed by atoms with Crippen molar-refractivity contribution in [2.45, 2.75) is 219 Å². The molecule has 0 saturated heterocycles. The molecule has 0 rings (SSSR count). The zero-order valence-electron chi connectivity index (χ0n) is 32.3. The van der Waals surface area contributed by atoms with E-state index in [4.69, 9.17) is 19.7 Å². The summed E-state index contributed by atoms with van der Waals surface area (Å²) in [7, 11) is 0. The van der Waals surface area contributed by atoms with Gasteiger partial charge in [0.15, 0.2) is 0 Å². The SMILES string of the molecule is CCC(CO)(COC(=O)CCCCCCCCCCCCCCCCCO)COC(=O)CCCCCCCCCCCCCCCCCO. The summed E-state index contributed by atoms with van der Waals surface area (Å²) in [4.78, 5) is 24.7. The van der Waals surface area contributed by atoms with Gasteiger partial charge in [-0.2, -0.15) is 0 Å². The van der Waals surface area contributed by atoms with E-state index in [1.165, 1.54) is 128 Å². The van der Waals surface area contributed by atoms with E-state index in [1.807, 2.05) is 6.92 Å². The Hall–Kier alpha value is -1.18. The lowest BCUT2D eigenvalue weighted by atomic mass is 9.88. The third-order valence-corrected chi connectivity index (χ3v) is 10.2. The normalized spacial score (nSPS) is 11.7. The fraction of sp³-hybridized carbons (Fsp3) is 0.952. The number of esters is 2. The van der Waals surface area contributed by atoms with E-state index in [1.54, 1.807) is 0 Å². The molecule has 0 heterocycles. The van der Waals surface area contributed by atoms with Crippen molar-refractivity contribution in [2.75, 3.05) is 33.0 Å². The van der Waals surface area contributed by atoms with Crippen molar-refractivity contribution < 1.29 is 34.4 Å². The van der Waals surface area contributed by atoms with E-state index in [0.717, 1.165) is 64.2 Å². The molecule has 0 bridgehead atoms. The summed E-state index contributed by atoms with van der Waals surface area (Å²) in [6.07, 6.45) is 37.7. The predicted octanol–water partition coefficient (Wildman–Crippen LogP) is 10.9. The third kappa shape index (κ3) is 33.7. The number of aliphatic hydroxyl groups excluding tert-OH is 3. The molecule has 0 aliphatic rings. The van der Waals surface area contributed by atoms with Gasteiger partial charge in [0, 0.05) is 26.1 Å². The molecule has 0 unspecified atom stereocenters. The Bertz CT molecular complexity index is 641. The Labute approximate surface area is 303 Å². The number of ether oxygens (including phenoxy) is 2. The first-order valence-electron chi connectivity index (χ1n) is 21.2. The molecular weight excluding hydrogens is 616 g/mol. The van der Waals surface area contributed by atoms with E-state index in [9.17, 15) is 14.7 Å². The maximum Gasteiger partial charge on any atom is 0.305 e. The summed E-state index contributed by atoms with van der Waals surface area (Å²) in [6.45, 7) is 2.58. The Kier molecular flexibility index (Phi) is 37.1. The van der Waals surface area contributed by atoms with Gasteiger partial charge in [0.25, 0.3) is 0 Å². The molecule has 0 aliphatic heterocycles. The van der Waals surface area contributed by atoms with Gasteiger partial charge in [-0.15, -0.1) is 0 Å². The number of unbranched alkanes of at least 4 members (excludes halogenated alkanes) is 28. The van der Waals surface area contributed by atoms with Crippen LogP contribution in [0.2, 0.25) is 0 Å². The van der Waals surface area contributed by atoms with Crippen molar-refractivity contribution >= 4 is 11.9 Å². The molecule has 0 atom stereocenters. The van der Waals surface area contributed by atoms with Crippen LogP contribution in [0.5, 0.6) is 0 Å². The molecule has 0 aromatic carbocycles. The van der Waals surface area contributed by atoms with Crippen molar-refractivity contribution in [1.29, 1.82) is 0 Å². The van der Waals surface area contributed by atoms with Crippen LogP contribution in [-0.2, 0) is 19.1 Å². The molecule has 0 fully saturated rings. The van der Waals surface area contributed by atoms with Gasteiger partial charge in [-0.1, -0.05) is 174 Å². The zero-order valence-corrected chi connectivity index (χ0v) is 32.3. The molecule has 3 N–H and O–H groups in total. The summed E-state index contributed by atoms with van der Waals surface area (Å²) in [5.74, 6) is -0.459. The highest BCUT2D eigenvalue weighted by Gasteiger charge is 2.31. The maximum atomic E-state index is 12.4. The molecule has 0 radical (unpaired) electrons. The molecule has 292 valence electrons. The van der Waals surface area contributed by atoms with E-state index in [2.05, 4.69) is 0 Å². The molecule has 0 amide bonds. The summed E-state index contributed by atoms with van der Waals surface area (Å²) < 4.78 is 11.1. The lowest BCUT2D eigenvalue weighted by molar-refractivity contribution is -0.156. The average Bonchev–Trinajstić information content (AvgIpc) is 3.11. The van der Waals surface area contributed by atoms with Crippen LogP contribution in [0.4, 0.5) is 0 Å². The van der Waals surface area contributed by atoms with Crippen LogP contribution >= 0.6 is 0 Å². The van der Waals surface area contributed by atoms with Gasteiger partial charge in [0.1, 0.15) is 13.2 Å². The lowest BCUT2D eigenvalue weighted by Gasteiger charge is -2.29. The van der Waals surface area contributed by atoms with Crippen LogP contribution in [0.25, 0.3) is 0 Å². The standard InChI is InChI=1S/C42H82O7/c1-2-42(37-45,38-48-40(46)33-29-25-21-17-13-9-5-3-7-11-15-19-23-27-31-35-43)39-49-41(47)34-30-26-22-18-14-10-6-4-8-12-16-20-24-28-32-36-44/h43-45H,2-39H2,1H3. The average molecular weight is 699 g/mol. The minimum atomic E-state index is -0.730. The largest absolute Gasteiger partial charge is 0.465 e. The lowest BCUT2D eigenvalue weighted by Crippen LogP contribution is -2.37. The van der Waals surface area contributed by atoms with Gasteiger partial charge in [-0.05, 0) is 32.1 Å². The molecule has 0 aliphatic carbocycles. The van der Waals surface area contributed by atoms with Gasteiger partial charge in [0.05, 0.1) is 12.0 Å². The van der Waals surface area contributed by atoms with Crippen LogP contribution in [0.15, 0.2) is 0 Å². The van der Waals surface area contributed by atoms with E-state index in [-0.39, 0.29) is 31.8 Å². The van der Waals surface area contributed by atoms with Crippen molar-refractivity contribution in [2.24, 2.45) is 5.41 Å². The number of hydrogen-bond donors (Lipinski definition) is 3. The molecule has 7 heteroatoms. The van der Waals surface area contributed by atoms with Crippen LogP contribution < -0.4 is 0 Å². The zero-order chi connectivity index (χ0) is 35.9. The number of aliphatic hydroxyl groups is 3. The Balaban J connectivity index is 3.70. The van der Waals surface area contributed by atoms with Crippen LogP contribution in [0.3, 0.4) is 0 Å². The van der Waals surface area contributed by atoms with E-state index >= 15 is 0 Å². The number of hydrogen-bond acceptors (Lipinski definition) is 7. The van der Waals surface area contributed by atoms with Gasteiger partial charge in [-0.3, -0.25) is 9.59 Å². The topological polar surface area (TPSA) is 113 Å². The van der Waals surface area contributed by atoms with Crippen molar-refractivity contribution in [3.05, 3.63) is 0 Å². The van der Waals surface area contributed by atoms with Gasteiger partial charge in [0.2, 0.25) is 0 Å². The Morgan fingerprint density at radius 1 is 0.388 bits per heavy atom. The van der Waals surface area contributed by atoms with Crippen LogP contribution in [0.1, 0.15) is 219 Å². The highest BCUT2D eigenvalue weighted by Crippen LogP contribution is 2.24. The predicted molar refractivity (Wildman–Crippen MR) is 204 cm³/mol. The smallest absolute Gasteiger partial charge is 0.305 e. The van der Waals surface area contributed by atoms with Crippen LogP contribution in [0, 0.1) is 5.41 Å². The second-order valence-electron chi connectivity index (χ2n) is 14.9. The Morgan fingerprint density at radius 3 is 0.816 bits per heavy atom. The molecule has 0 aromatic rings. The molecule has 0 spiro atoms. The summed E-state index contributed by atoms with van der Waals surface area (Å²) in [5.41, 5.74) is -0.730. The van der Waals surface area contributed by atoms with Gasteiger partial charge < -0.3 is 24.8 Å². The number of carbonyl (C=O) groups is 2. The maximum absolute atomic E-state index is 12.4. The second-order valence-corrected chi connectivity index (χ2v) is 14.9. The van der Waals surface area contributed by atoms with Crippen LogP contribution in [-0.4, -0.2) is 60.3 Å². The van der Waals surface area contributed by atoms with Crippen molar-refractivity contribution in [3.63, 3.8) is 0 Å². The summed E-state index contributed by atoms with van der Waals surface area (Å²) in [5, 5.41) is 27.7. The number of rotatable bonds is 40. The fourth-order valence-electron chi connectivity index (χ4n) is 6.42. The Morgan fingerprint density at radius 2 is 0.612 bits per heavy atom. The second kappa shape index (κ2) is 38.1. The van der Waals surface area contributed by atoms with Crippen molar-refractivity contribution in [1.82, 2.24) is 0 Å². The first kappa shape index (κ1) is 47.8. The van der Waals surface area contributed by atoms with Gasteiger partial charge in [-0.25, -0.2) is 0 Å². The van der Waals surface area contributed by atoms with Crippen molar-refractivity contribution in [3.8, 4) is 0 Å². The minimum absolute atomic E-state index is 0.0846. The molecule has 49 heavy (non-hydrogen) atoms. The summed E-state index contributed by atoms with van der Waals surface area (Å²) in [6, 6.07) is 0. The van der Waals surface area contributed by atoms with E-state index < -0.39 is 5.41 Å². The summed E-state index contributed by atoms with van der Waals surface area (Å²) >= 11 is 0. The molecule has 0 saturated carbocycles. The monoisotopic (exact) mass is 699 g/mol. The molecule has 7 nitrogen and oxygen atoms in total.